The lowest BCUT2D eigenvalue weighted by molar-refractivity contribution is -0.0306. The van der Waals surface area contributed by atoms with Crippen molar-refractivity contribution in [2.75, 3.05) is 13.2 Å². The summed E-state index contributed by atoms with van der Waals surface area (Å²) >= 11 is 0. The van der Waals surface area contributed by atoms with Crippen molar-refractivity contribution >= 4 is 10.8 Å². The Morgan fingerprint density at radius 2 is 1.76 bits per heavy atom. The number of benzene rings is 2. The van der Waals surface area contributed by atoms with E-state index in [2.05, 4.69) is 75.5 Å². The van der Waals surface area contributed by atoms with E-state index in [0.717, 1.165) is 13.0 Å². The fourth-order valence-corrected chi connectivity index (χ4v) is 2.35. The Balaban J connectivity index is 2.19. The molecule has 0 aliphatic heterocycles. The lowest BCUT2D eigenvalue weighted by Gasteiger charge is -2.27. The standard InChI is InChI=1S/C19H27NO/c1-5-19(3,4)21-14-18(20-6-2)17-12-11-15-9-7-8-10-16(15)13-17/h7-13,18,20H,5-6,14H2,1-4H3. The molecule has 114 valence electrons. The molecule has 2 aromatic carbocycles. The molecule has 0 fully saturated rings. The molecule has 1 unspecified atom stereocenters. The van der Waals surface area contributed by atoms with Crippen molar-refractivity contribution in [3.63, 3.8) is 0 Å². The molecule has 0 saturated carbocycles. The van der Waals surface area contributed by atoms with Crippen LogP contribution in [0, 0.1) is 0 Å². The fraction of sp³-hybridized carbons (Fsp3) is 0.474. The van der Waals surface area contributed by atoms with Gasteiger partial charge < -0.3 is 10.1 Å². The van der Waals surface area contributed by atoms with E-state index >= 15 is 0 Å². The van der Waals surface area contributed by atoms with Crippen LogP contribution in [0.2, 0.25) is 0 Å². The molecule has 0 aromatic heterocycles. The van der Waals surface area contributed by atoms with Crippen LogP contribution in [0.15, 0.2) is 42.5 Å². The molecule has 0 bridgehead atoms. The third-order valence-corrected chi connectivity index (χ3v) is 4.12. The van der Waals surface area contributed by atoms with Crippen LogP contribution in [0.1, 0.15) is 45.7 Å². The first kappa shape index (κ1) is 16.0. The zero-order valence-electron chi connectivity index (χ0n) is 13.6. The van der Waals surface area contributed by atoms with Gasteiger partial charge in [0.25, 0.3) is 0 Å². The summed E-state index contributed by atoms with van der Waals surface area (Å²) in [5.41, 5.74) is 1.23. The van der Waals surface area contributed by atoms with Gasteiger partial charge in [-0.05, 0) is 49.2 Å². The Bertz CT molecular complexity index is 577. The highest BCUT2D eigenvalue weighted by Crippen LogP contribution is 2.23. The average Bonchev–Trinajstić information content (AvgIpc) is 2.51. The van der Waals surface area contributed by atoms with Gasteiger partial charge in [-0.1, -0.05) is 50.2 Å². The van der Waals surface area contributed by atoms with Crippen molar-refractivity contribution in [3.05, 3.63) is 48.0 Å². The molecule has 2 nitrogen and oxygen atoms in total. The quantitative estimate of drug-likeness (QED) is 0.796. The van der Waals surface area contributed by atoms with Crippen molar-refractivity contribution in [1.29, 1.82) is 0 Å². The summed E-state index contributed by atoms with van der Waals surface area (Å²) in [7, 11) is 0. The zero-order chi connectivity index (χ0) is 15.3. The topological polar surface area (TPSA) is 21.3 Å². The van der Waals surface area contributed by atoms with Gasteiger partial charge >= 0.3 is 0 Å². The van der Waals surface area contributed by atoms with Crippen LogP contribution >= 0.6 is 0 Å². The lowest BCUT2D eigenvalue weighted by Crippen LogP contribution is -2.31. The van der Waals surface area contributed by atoms with Gasteiger partial charge in [0.2, 0.25) is 0 Å². The van der Waals surface area contributed by atoms with Gasteiger partial charge in [-0.3, -0.25) is 0 Å². The first-order valence-corrected chi connectivity index (χ1v) is 7.92. The smallest absolute Gasteiger partial charge is 0.0668 e. The van der Waals surface area contributed by atoms with E-state index < -0.39 is 0 Å². The molecule has 0 saturated heterocycles. The van der Waals surface area contributed by atoms with E-state index in [1.807, 2.05) is 0 Å². The molecule has 2 aromatic rings. The summed E-state index contributed by atoms with van der Waals surface area (Å²) < 4.78 is 6.10. The Kier molecular flexibility index (Phi) is 5.38. The van der Waals surface area contributed by atoms with Gasteiger partial charge in [-0.15, -0.1) is 0 Å². The molecular weight excluding hydrogens is 258 g/mol. The SMILES string of the molecule is CCNC(COC(C)(C)CC)c1ccc2ccccc2c1. The highest BCUT2D eigenvalue weighted by atomic mass is 16.5. The maximum Gasteiger partial charge on any atom is 0.0668 e. The van der Waals surface area contributed by atoms with E-state index in [1.165, 1.54) is 16.3 Å². The van der Waals surface area contributed by atoms with Crippen molar-refractivity contribution in [2.24, 2.45) is 0 Å². The van der Waals surface area contributed by atoms with Crippen LogP contribution in [0.3, 0.4) is 0 Å². The molecule has 0 aliphatic rings. The molecule has 0 radical (unpaired) electrons. The largest absolute Gasteiger partial charge is 0.374 e. The molecule has 0 heterocycles. The van der Waals surface area contributed by atoms with E-state index in [-0.39, 0.29) is 11.6 Å². The summed E-state index contributed by atoms with van der Waals surface area (Å²) in [4.78, 5) is 0. The number of ether oxygens (including phenoxy) is 1. The predicted molar refractivity (Wildman–Crippen MR) is 90.7 cm³/mol. The number of nitrogens with one attached hydrogen (secondary N) is 1. The summed E-state index contributed by atoms with van der Waals surface area (Å²) in [6.45, 7) is 10.2. The lowest BCUT2D eigenvalue weighted by atomic mass is 10.0. The average molecular weight is 285 g/mol. The third-order valence-electron chi connectivity index (χ3n) is 4.12. The summed E-state index contributed by atoms with van der Waals surface area (Å²) in [5, 5.41) is 6.10. The van der Waals surface area contributed by atoms with Crippen LogP contribution in [0.4, 0.5) is 0 Å². The van der Waals surface area contributed by atoms with Gasteiger partial charge in [0.15, 0.2) is 0 Å². The van der Waals surface area contributed by atoms with E-state index in [4.69, 9.17) is 4.74 Å². The monoisotopic (exact) mass is 285 g/mol. The van der Waals surface area contributed by atoms with Crippen LogP contribution in [-0.2, 0) is 4.74 Å². The number of rotatable bonds is 7. The predicted octanol–water partition coefficient (Wildman–Crippen LogP) is 4.70. The molecule has 21 heavy (non-hydrogen) atoms. The van der Waals surface area contributed by atoms with Crippen LogP contribution in [0.25, 0.3) is 10.8 Å². The second kappa shape index (κ2) is 7.06. The fourth-order valence-electron chi connectivity index (χ4n) is 2.35. The van der Waals surface area contributed by atoms with Crippen molar-refractivity contribution in [1.82, 2.24) is 5.32 Å². The van der Waals surface area contributed by atoms with Crippen molar-refractivity contribution in [2.45, 2.75) is 45.8 Å². The first-order chi connectivity index (χ1) is 10.1. The van der Waals surface area contributed by atoms with E-state index in [0.29, 0.717) is 6.61 Å². The number of hydrogen-bond acceptors (Lipinski definition) is 2. The van der Waals surface area contributed by atoms with Crippen LogP contribution in [-0.4, -0.2) is 18.8 Å². The molecular formula is C19H27NO. The molecule has 0 amide bonds. The summed E-state index contributed by atoms with van der Waals surface area (Å²) in [6.07, 6.45) is 1.02. The number of fused-ring (bicyclic) bond motifs is 1. The van der Waals surface area contributed by atoms with Gasteiger partial charge in [-0.2, -0.15) is 0 Å². The Morgan fingerprint density at radius 1 is 1.05 bits per heavy atom. The zero-order valence-corrected chi connectivity index (χ0v) is 13.6. The van der Waals surface area contributed by atoms with E-state index in [1.54, 1.807) is 0 Å². The molecule has 2 rings (SSSR count). The Labute approximate surface area is 128 Å². The second-order valence-electron chi connectivity index (χ2n) is 6.14. The van der Waals surface area contributed by atoms with Gasteiger partial charge in [0.1, 0.15) is 0 Å². The minimum atomic E-state index is -0.0650. The summed E-state index contributed by atoms with van der Waals surface area (Å²) in [5.74, 6) is 0. The van der Waals surface area contributed by atoms with Crippen LogP contribution in [0.5, 0.6) is 0 Å². The Hall–Kier alpha value is -1.38. The van der Waals surface area contributed by atoms with Gasteiger partial charge in [-0.25, -0.2) is 0 Å². The third kappa shape index (κ3) is 4.29. The molecule has 2 heteroatoms. The van der Waals surface area contributed by atoms with Crippen LogP contribution < -0.4 is 5.32 Å². The second-order valence-corrected chi connectivity index (χ2v) is 6.14. The van der Waals surface area contributed by atoms with E-state index in [9.17, 15) is 0 Å². The minimum absolute atomic E-state index is 0.0650. The summed E-state index contributed by atoms with van der Waals surface area (Å²) in [6, 6.07) is 15.4. The normalized spacial score (nSPS) is 13.5. The molecule has 1 atom stereocenters. The van der Waals surface area contributed by atoms with Gasteiger partial charge in [0.05, 0.1) is 18.2 Å². The molecule has 0 spiro atoms. The first-order valence-electron chi connectivity index (χ1n) is 7.92. The maximum absolute atomic E-state index is 6.10. The molecule has 0 aliphatic carbocycles. The van der Waals surface area contributed by atoms with Crippen molar-refractivity contribution < 1.29 is 4.74 Å². The van der Waals surface area contributed by atoms with Crippen molar-refractivity contribution in [3.8, 4) is 0 Å². The maximum atomic E-state index is 6.10. The van der Waals surface area contributed by atoms with Gasteiger partial charge in [0, 0.05) is 0 Å². The minimum Gasteiger partial charge on any atom is -0.374 e. The highest BCUT2D eigenvalue weighted by molar-refractivity contribution is 5.83. The highest BCUT2D eigenvalue weighted by Gasteiger charge is 2.19. The number of likely N-dealkylation sites (N-methyl/N-ethyl adjacent to an activating group) is 1. The molecule has 1 N–H and O–H groups in total. The Morgan fingerprint density at radius 3 is 2.43 bits per heavy atom. The number of hydrogen-bond donors (Lipinski definition) is 1.